The number of thioether (sulfide) groups is 1. The van der Waals surface area contributed by atoms with Gasteiger partial charge in [-0.05, 0) is 48.4 Å². The van der Waals surface area contributed by atoms with Crippen molar-refractivity contribution in [3.8, 4) is 11.5 Å². The highest BCUT2D eigenvalue weighted by Crippen LogP contribution is 2.46. The molecule has 3 rings (SSSR count). The topological polar surface area (TPSA) is 84.9 Å². The van der Waals surface area contributed by atoms with Crippen LogP contribution in [-0.4, -0.2) is 51.2 Å². The first-order valence-corrected chi connectivity index (χ1v) is 13.1. The molecule has 0 bridgehead atoms. The Balaban J connectivity index is 2.03. The second-order valence-electron chi connectivity index (χ2n) is 7.25. The van der Waals surface area contributed by atoms with Crippen molar-refractivity contribution in [3.63, 3.8) is 0 Å². The van der Waals surface area contributed by atoms with E-state index in [-0.39, 0.29) is 10.8 Å². The fraction of sp³-hybridized carbons (Fsp3) is 0.409. The highest BCUT2D eigenvalue weighted by Gasteiger charge is 2.47. The number of nitrogens with one attached hydrogen (secondary N) is 1. The zero-order chi connectivity index (χ0) is 23.3. The summed E-state index contributed by atoms with van der Waals surface area (Å²) in [6.45, 7) is 2.54. The van der Waals surface area contributed by atoms with E-state index in [9.17, 15) is 13.2 Å². The molecule has 10 heteroatoms. The number of carbonyl (C=O) groups excluding carboxylic acids is 1. The molecule has 1 unspecified atom stereocenters. The Kier molecular flexibility index (Phi) is 8.32. The van der Waals surface area contributed by atoms with Gasteiger partial charge in [0.1, 0.15) is 6.04 Å². The second-order valence-corrected chi connectivity index (χ2v) is 10.6. The van der Waals surface area contributed by atoms with Crippen molar-refractivity contribution in [1.82, 2.24) is 9.62 Å². The van der Waals surface area contributed by atoms with E-state index in [0.717, 1.165) is 12.8 Å². The van der Waals surface area contributed by atoms with E-state index in [1.165, 1.54) is 54.6 Å². The van der Waals surface area contributed by atoms with Crippen LogP contribution >= 0.6 is 23.4 Å². The summed E-state index contributed by atoms with van der Waals surface area (Å²) in [5.74, 6) is 1.07. The number of methoxy groups -OCH3 is 2. The lowest BCUT2D eigenvalue weighted by molar-refractivity contribution is -0.124. The summed E-state index contributed by atoms with van der Waals surface area (Å²) in [5.41, 5.74) is 0.703. The molecule has 1 saturated heterocycles. The van der Waals surface area contributed by atoms with Crippen molar-refractivity contribution < 1.29 is 22.7 Å². The van der Waals surface area contributed by atoms with Crippen LogP contribution in [0.5, 0.6) is 11.5 Å². The van der Waals surface area contributed by atoms with E-state index >= 15 is 0 Å². The Morgan fingerprint density at radius 2 is 1.84 bits per heavy atom. The molecule has 1 aliphatic rings. The van der Waals surface area contributed by atoms with Gasteiger partial charge in [-0.1, -0.05) is 31.0 Å². The fourth-order valence-corrected chi connectivity index (χ4v) is 7.12. The minimum absolute atomic E-state index is 0.0845. The van der Waals surface area contributed by atoms with E-state index in [2.05, 4.69) is 5.32 Å². The van der Waals surface area contributed by atoms with E-state index in [0.29, 0.717) is 34.4 Å². The predicted molar refractivity (Wildman–Crippen MR) is 127 cm³/mol. The fourth-order valence-electron chi connectivity index (χ4n) is 3.46. The van der Waals surface area contributed by atoms with Crippen molar-refractivity contribution in [3.05, 3.63) is 53.1 Å². The second kappa shape index (κ2) is 10.8. The van der Waals surface area contributed by atoms with Gasteiger partial charge < -0.3 is 14.8 Å². The Morgan fingerprint density at radius 3 is 2.47 bits per heavy atom. The minimum atomic E-state index is -3.99. The number of amides is 1. The van der Waals surface area contributed by atoms with Crippen LogP contribution in [-0.2, 0) is 14.8 Å². The number of halogens is 1. The number of benzene rings is 2. The zero-order valence-corrected chi connectivity index (χ0v) is 20.6. The van der Waals surface area contributed by atoms with Gasteiger partial charge in [0.25, 0.3) is 0 Å². The van der Waals surface area contributed by atoms with E-state index < -0.39 is 21.4 Å². The standard InChI is InChI=1S/C22H27ClN2O5S2/c1-4-5-12-24-21(26)18-14-31-22(15-6-11-19(29-2)20(13-15)30-3)25(18)32(27,28)17-9-7-16(23)8-10-17/h6-11,13,18,22H,4-5,12,14H2,1-3H3,(H,24,26)/t18-,22?/m0/s1. The molecular formula is C22H27ClN2O5S2. The van der Waals surface area contributed by atoms with Crippen LogP contribution in [0, 0.1) is 0 Å². The van der Waals surface area contributed by atoms with Crippen LogP contribution in [0.1, 0.15) is 30.7 Å². The molecule has 32 heavy (non-hydrogen) atoms. The minimum Gasteiger partial charge on any atom is -0.493 e. The summed E-state index contributed by atoms with van der Waals surface area (Å²) in [6, 6.07) is 10.4. The largest absolute Gasteiger partial charge is 0.493 e. The molecular weight excluding hydrogens is 472 g/mol. The number of unbranched alkanes of at least 4 members (excludes halogenated alkanes) is 1. The van der Waals surface area contributed by atoms with E-state index in [1.807, 2.05) is 6.92 Å². The lowest BCUT2D eigenvalue weighted by Gasteiger charge is -2.28. The molecule has 2 aromatic carbocycles. The molecule has 0 aliphatic carbocycles. The number of carbonyl (C=O) groups is 1. The molecule has 2 aromatic rings. The van der Waals surface area contributed by atoms with Crippen molar-refractivity contribution in [2.45, 2.75) is 36.1 Å². The van der Waals surface area contributed by atoms with Gasteiger partial charge in [0.2, 0.25) is 15.9 Å². The van der Waals surface area contributed by atoms with Gasteiger partial charge in [0.05, 0.1) is 24.5 Å². The molecule has 1 aliphatic heterocycles. The highest BCUT2D eigenvalue weighted by molar-refractivity contribution is 8.01. The molecule has 2 atom stereocenters. The summed E-state index contributed by atoms with van der Waals surface area (Å²) in [4.78, 5) is 13.1. The number of sulfonamides is 1. The normalized spacial score (nSPS) is 19.0. The number of ether oxygens (including phenoxy) is 2. The maximum atomic E-state index is 13.7. The van der Waals surface area contributed by atoms with E-state index in [1.54, 1.807) is 18.2 Å². The Hall–Kier alpha value is -1.94. The van der Waals surface area contributed by atoms with Crippen molar-refractivity contribution in [2.75, 3.05) is 26.5 Å². The molecule has 1 heterocycles. The van der Waals surface area contributed by atoms with Crippen LogP contribution in [0.25, 0.3) is 0 Å². The molecule has 1 amide bonds. The monoisotopic (exact) mass is 498 g/mol. The van der Waals surface area contributed by atoms with Gasteiger partial charge in [-0.25, -0.2) is 8.42 Å². The molecule has 1 N–H and O–H groups in total. The molecule has 7 nitrogen and oxygen atoms in total. The maximum Gasteiger partial charge on any atom is 0.245 e. The molecule has 0 saturated carbocycles. The van der Waals surface area contributed by atoms with Crippen LogP contribution < -0.4 is 14.8 Å². The molecule has 0 radical (unpaired) electrons. The Morgan fingerprint density at radius 1 is 1.16 bits per heavy atom. The predicted octanol–water partition coefficient (Wildman–Crippen LogP) is 4.08. The van der Waals surface area contributed by atoms with Gasteiger partial charge in [0, 0.05) is 17.3 Å². The van der Waals surface area contributed by atoms with Crippen LogP contribution in [0.4, 0.5) is 0 Å². The van der Waals surface area contributed by atoms with Crippen molar-refractivity contribution in [2.24, 2.45) is 0 Å². The summed E-state index contributed by atoms with van der Waals surface area (Å²) in [7, 11) is -0.931. The zero-order valence-electron chi connectivity index (χ0n) is 18.2. The first kappa shape index (κ1) is 24.7. The molecule has 1 fully saturated rings. The first-order chi connectivity index (χ1) is 15.3. The van der Waals surface area contributed by atoms with Crippen LogP contribution in [0.15, 0.2) is 47.4 Å². The average Bonchev–Trinajstić information content (AvgIpc) is 3.25. The quantitative estimate of drug-likeness (QED) is 0.524. The number of hydrogen-bond donors (Lipinski definition) is 1. The van der Waals surface area contributed by atoms with E-state index in [4.69, 9.17) is 21.1 Å². The third-order valence-corrected chi connectivity index (χ3v) is 8.76. The average molecular weight is 499 g/mol. The smallest absolute Gasteiger partial charge is 0.245 e. The van der Waals surface area contributed by atoms with Gasteiger partial charge in [-0.3, -0.25) is 4.79 Å². The summed E-state index contributed by atoms with van der Waals surface area (Å²) < 4.78 is 39.4. The van der Waals surface area contributed by atoms with Gasteiger partial charge in [0.15, 0.2) is 11.5 Å². The Bertz CT molecular complexity index is 1050. The maximum absolute atomic E-state index is 13.7. The third-order valence-electron chi connectivity index (χ3n) is 5.16. The molecule has 0 aromatic heterocycles. The van der Waals surface area contributed by atoms with Gasteiger partial charge >= 0.3 is 0 Å². The lowest BCUT2D eigenvalue weighted by Crippen LogP contribution is -2.48. The molecule has 0 spiro atoms. The van der Waals surface area contributed by atoms with Gasteiger partial charge in [-0.15, -0.1) is 11.8 Å². The lowest BCUT2D eigenvalue weighted by atomic mass is 10.2. The summed E-state index contributed by atoms with van der Waals surface area (Å²) in [6.07, 6.45) is 1.76. The first-order valence-electron chi connectivity index (χ1n) is 10.2. The summed E-state index contributed by atoms with van der Waals surface area (Å²) in [5, 5.41) is 2.71. The van der Waals surface area contributed by atoms with Crippen molar-refractivity contribution in [1.29, 1.82) is 0 Å². The number of hydrogen-bond acceptors (Lipinski definition) is 6. The number of rotatable bonds is 9. The summed E-state index contributed by atoms with van der Waals surface area (Å²) >= 11 is 7.36. The van der Waals surface area contributed by atoms with Crippen LogP contribution in [0.3, 0.4) is 0 Å². The van der Waals surface area contributed by atoms with Crippen LogP contribution in [0.2, 0.25) is 5.02 Å². The third kappa shape index (κ3) is 5.17. The SMILES string of the molecule is CCCCNC(=O)[C@@H]1CSC(c2ccc(OC)c(OC)c2)N1S(=O)(=O)c1ccc(Cl)cc1. The number of nitrogens with zero attached hydrogens (tertiary/aromatic N) is 1. The Labute approximate surface area is 198 Å². The molecule has 174 valence electrons. The van der Waals surface area contributed by atoms with Gasteiger partial charge in [-0.2, -0.15) is 4.31 Å². The highest BCUT2D eigenvalue weighted by atomic mass is 35.5. The van der Waals surface area contributed by atoms with Crippen molar-refractivity contribution >= 4 is 39.3 Å².